The van der Waals surface area contributed by atoms with Crippen molar-refractivity contribution in [3.8, 4) is 11.6 Å². The standard InChI is InChI=1S/C24H28N4O2/c1-15-4-11-23(27-13-15)30-24-20(18(12-25)14-26-19-6-7-19)9-10-22-21(24)8-5-16(2)28(22)17(3)29/h4,9-14,16,19,25-26H,5-8H2,1-3H3/b18-14+,25-12?/t16-/m0/s1. The predicted octanol–water partition coefficient (Wildman–Crippen LogP) is 4.61. The molecular formula is C24H28N4O2. The van der Waals surface area contributed by atoms with E-state index in [1.54, 1.807) is 13.1 Å². The number of pyridine rings is 1. The minimum absolute atomic E-state index is 0.0221. The summed E-state index contributed by atoms with van der Waals surface area (Å²) in [5.41, 5.74) is 4.51. The Balaban J connectivity index is 1.83. The summed E-state index contributed by atoms with van der Waals surface area (Å²) in [4.78, 5) is 18.6. The summed E-state index contributed by atoms with van der Waals surface area (Å²) in [6.07, 6.45) is 9.00. The number of anilines is 1. The zero-order chi connectivity index (χ0) is 21.3. The summed E-state index contributed by atoms with van der Waals surface area (Å²) in [6.45, 7) is 5.66. The van der Waals surface area contributed by atoms with Gasteiger partial charge in [-0.1, -0.05) is 6.07 Å². The van der Waals surface area contributed by atoms with Crippen LogP contribution in [-0.4, -0.2) is 29.2 Å². The van der Waals surface area contributed by atoms with Crippen LogP contribution >= 0.6 is 0 Å². The smallest absolute Gasteiger partial charge is 0.224 e. The highest BCUT2D eigenvalue weighted by Crippen LogP contribution is 2.42. The van der Waals surface area contributed by atoms with Gasteiger partial charge in [-0.15, -0.1) is 0 Å². The van der Waals surface area contributed by atoms with Gasteiger partial charge in [0, 0.05) is 60.4 Å². The Hall–Kier alpha value is -3.15. The second-order valence-electron chi connectivity index (χ2n) is 8.18. The van der Waals surface area contributed by atoms with Crippen molar-refractivity contribution in [3.05, 3.63) is 53.4 Å². The van der Waals surface area contributed by atoms with E-state index >= 15 is 0 Å². The van der Waals surface area contributed by atoms with Crippen LogP contribution in [0.25, 0.3) is 5.57 Å². The first-order valence-electron chi connectivity index (χ1n) is 10.5. The molecule has 1 aliphatic carbocycles. The lowest BCUT2D eigenvalue weighted by Crippen LogP contribution is -2.40. The third-order valence-electron chi connectivity index (χ3n) is 5.70. The molecule has 0 unspecified atom stereocenters. The van der Waals surface area contributed by atoms with E-state index in [0.717, 1.165) is 53.6 Å². The number of hydrogen-bond donors (Lipinski definition) is 2. The van der Waals surface area contributed by atoms with Gasteiger partial charge in [-0.2, -0.15) is 0 Å². The van der Waals surface area contributed by atoms with Crippen LogP contribution < -0.4 is 15.0 Å². The second-order valence-corrected chi connectivity index (χ2v) is 8.18. The van der Waals surface area contributed by atoms with Gasteiger partial charge >= 0.3 is 0 Å². The molecule has 4 rings (SSSR count). The topological polar surface area (TPSA) is 78.3 Å². The monoisotopic (exact) mass is 404 g/mol. The van der Waals surface area contributed by atoms with Crippen LogP contribution in [0.15, 0.2) is 36.7 Å². The Labute approximate surface area is 177 Å². The Kier molecular flexibility index (Phi) is 5.57. The Morgan fingerprint density at radius 3 is 2.70 bits per heavy atom. The molecule has 0 spiro atoms. The predicted molar refractivity (Wildman–Crippen MR) is 119 cm³/mol. The fourth-order valence-electron chi connectivity index (χ4n) is 3.90. The Morgan fingerprint density at radius 2 is 2.07 bits per heavy atom. The molecule has 156 valence electrons. The molecule has 1 fully saturated rings. The van der Waals surface area contributed by atoms with Gasteiger partial charge in [-0.05, 0) is 57.2 Å². The van der Waals surface area contributed by atoms with Gasteiger partial charge in [0.05, 0.1) is 5.69 Å². The third-order valence-corrected chi connectivity index (χ3v) is 5.70. The van der Waals surface area contributed by atoms with E-state index in [-0.39, 0.29) is 11.9 Å². The molecule has 0 bridgehead atoms. The van der Waals surface area contributed by atoms with Crippen molar-refractivity contribution in [1.29, 1.82) is 5.41 Å². The van der Waals surface area contributed by atoms with Crippen molar-refractivity contribution < 1.29 is 9.53 Å². The molecule has 1 aromatic carbocycles. The van der Waals surface area contributed by atoms with Crippen LogP contribution in [0.4, 0.5) is 5.69 Å². The Bertz CT molecular complexity index is 993. The number of hydrogen-bond acceptors (Lipinski definition) is 5. The Morgan fingerprint density at radius 1 is 1.27 bits per heavy atom. The number of amides is 1. The van der Waals surface area contributed by atoms with E-state index in [4.69, 9.17) is 10.1 Å². The summed E-state index contributed by atoms with van der Waals surface area (Å²) in [5, 5.41) is 11.3. The first kappa shape index (κ1) is 20.1. The van der Waals surface area contributed by atoms with Crippen LogP contribution in [0.1, 0.15) is 49.8 Å². The fraction of sp³-hybridized carbons (Fsp3) is 0.375. The largest absolute Gasteiger partial charge is 0.438 e. The van der Waals surface area contributed by atoms with Crippen molar-refractivity contribution in [2.75, 3.05) is 4.90 Å². The van der Waals surface area contributed by atoms with Crippen molar-refractivity contribution in [1.82, 2.24) is 10.3 Å². The SMILES string of the molecule is CC(=O)N1c2ccc(/C(C=N)=C/NC3CC3)c(Oc3ccc(C)cn3)c2CC[C@@H]1C. The van der Waals surface area contributed by atoms with Crippen LogP contribution in [0, 0.1) is 12.3 Å². The number of aryl methyl sites for hydroxylation is 1. The zero-order valence-electron chi connectivity index (χ0n) is 17.7. The summed E-state index contributed by atoms with van der Waals surface area (Å²) in [6, 6.07) is 8.37. The number of rotatable bonds is 6. The zero-order valence-corrected chi connectivity index (χ0v) is 17.7. The van der Waals surface area contributed by atoms with Crippen LogP contribution in [0.2, 0.25) is 0 Å². The number of allylic oxidation sites excluding steroid dienone is 1. The average Bonchev–Trinajstić information content (AvgIpc) is 3.55. The van der Waals surface area contributed by atoms with E-state index < -0.39 is 0 Å². The van der Waals surface area contributed by atoms with Crippen LogP contribution in [0.5, 0.6) is 11.6 Å². The quantitative estimate of drug-likeness (QED) is 0.689. The summed E-state index contributed by atoms with van der Waals surface area (Å²) >= 11 is 0. The third kappa shape index (κ3) is 4.08. The van der Waals surface area contributed by atoms with Crippen molar-refractivity contribution in [2.45, 2.75) is 58.5 Å². The second kappa shape index (κ2) is 8.30. The molecule has 1 saturated carbocycles. The molecule has 2 heterocycles. The number of nitrogens with zero attached hydrogens (tertiary/aromatic N) is 2. The summed E-state index contributed by atoms with van der Waals surface area (Å²) in [7, 11) is 0. The van der Waals surface area contributed by atoms with Crippen molar-refractivity contribution in [3.63, 3.8) is 0 Å². The van der Waals surface area contributed by atoms with E-state index in [0.29, 0.717) is 17.7 Å². The molecule has 2 aromatic rings. The molecule has 0 radical (unpaired) electrons. The fourth-order valence-corrected chi connectivity index (χ4v) is 3.90. The first-order chi connectivity index (χ1) is 14.5. The molecule has 2 aliphatic rings. The maximum Gasteiger partial charge on any atom is 0.224 e. The minimum Gasteiger partial charge on any atom is -0.438 e. The molecule has 6 nitrogen and oxygen atoms in total. The summed E-state index contributed by atoms with van der Waals surface area (Å²) in [5.74, 6) is 1.20. The average molecular weight is 405 g/mol. The van der Waals surface area contributed by atoms with Gasteiger partial charge in [-0.3, -0.25) is 4.79 Å². The molecule has 1 amide bonds. The molecule has 30 heavy (non-hydrogen) atoms. The van der Waals surface area contributed by atoms with Gasteiger partial charge in [-0.25, -0.2) is 4.98 Å². The lowest BCUT2D eigenvalue weighted by Gasteiger charge is -2.36. The maximum absolute atomic E-state index is 12.4. The van der Waals surface area contributed by atoms with Gasteiger partial charge in [0.25, 0.3) is 0 Å². The van der Waals surface area contributed by atoms with Gasteiger partial charge in [0.1, 0.15) is 5.75 Å². The van der Waals surface area contributed by atoms with Gasteiger partial charge < -0.3 is 20.4 Å². The number of benzene rings is 1. The number of nitrogens with one attached hydrogen (secondary N) is 2. The molecule has 1 aliphatic heterocycles. The molecule has 0 saturated heterocycles. The molecule has 6 heteroatoms. The lowest BCUT2D eigenvalue weighted by atomic mass is 9.92. The molecular weight excluding hydrogens is 376 g/mol. The van der Waals surface area contributed by atoms with E-state index in [2.05, 4.69) is 17.2 Å². The number of ether oxygens (including phenoxy) is 1. The van der Waals surface area contributed by atoms with E-state index in [9.17, 15) is 4.79 Å². The van der Waals surface area contributed by atoms with Crippen molar-refractivity contribution in [2.24, 2.45) is 0 Å². The lowest BCUT2D eigenvalue weighted by molar-refractivity contribution is -0.117. The molecule has 1 aromatic heterocycles. The normalized spacial score (nSPS) is 18.6. The van der Waals surface area contributed by atoms with Crippen LogP contribution in [0.3, 0.4) is 0 Å². The van der Waals surface area contributed by atoms with E-state index in [1.165, 1.54) is 6.21 Å². The minimum atomic E-state index is 0.0221. The number of aromatic nitrogens is 1. The van der Waals surface area contributed by atoms with Crippen molar-refractivity contribution >= 4 is 23.4 Å². The highest BCUT2D eigenvalue weighted by molar-refractivity contribution is 6.10. The molecule has 2 N–H and O–H groups in total. The number of fused-ring (bicyclic) bond motifs is 1. The highest BCUT2D eigenvalue weighted by Gasteiger charge is 2.30. The van der Waals surface area contributed by atoms with Crippen LogP contribution in [-0.2, 0) is 11.2 Å². The van der Waals surface area contributed by atoms with E-state index in [1.807, 2.05) is 42.3 Å². The summed E-state index contributed by atoms with van der Waals surface area (Å²) < 4.78 is 6.31. The highest BCUT2D eigenvalue weighted by atomic mass is 16.5. The maximum atomic E-state index is 12.4. The van der Waals surface area contributed by atoms with Gasteiger partial charge in [0.2, 0.25) is 11.8 Å². The number of carbonyl (C=O) groups is 1. The van der Waals surface area contributed by atoms with Gasteiger partial charge in [0.15, 0.2) is 0 Å². The molecule has 1 atom stereocenters. The number of carbonyl (C=O) groups excluding carboxylic acids is 1. The first-order valence-corrected chi connectivity index (χ1v) is 10.5.